The predicted molar refractivity (Wildman–Crippen MR) is 63.6 cm³/mol. The van der Waals surface area contributed by atoms with E-state index in [1.54, 1.807) is 0 Å². The van der Waals surface area contributed by atoms with Gasteiger partial charge in [-0.3, -0.25) is 0 Å². The normalized spacial score (nSPS) is 10.1. The summed E-state index contributed by atoms with van der Waals surface area (Å²) in [7, 11) is 0. The second-order valence-electron chi connectivity index (χ2n) is 3.17. The fraction of sp³-hybridized carbons (Fsp3) is 0.333. The van der Waals surface area contributed by atoms with Crippen LogP contribution in [-0.2, 0) is 11.3 Å². The molecule has 0 saturated heterocycles. The fourth-order valence-electron chi connectivity index (χ4n) is 1.05. The molecule has 0 unspecified atom stereocenters. The lowest BCUT2D eigenvalue weighted by Gasteiger charge is -2.04. The van der Waals surface area contributed by atoms with Gasteiger partial charge in [0.25, 0.3) is 0 Å². The van der Waals surface area contributed by atoms with Gasteiger partial charge in [-0.25, -0.2) is 0 Å². The van der Waals surface area contributed by atoms with Gasteiger partial charge < -0.3 is 4.74 Å². The standard InChI is InChI=1S/C12H15BrO/c1-11(9-13)7-8-14-10-12-5-3-2-4-6-12/h2-6H,1,7-10H2. The van der Waals surface area contributed by atoms with E-state index in [1.807, 2.05) is 18.2 Å². The summed E-state index contributed by atoms with van der Waals surface area (Å²) >= 11 is 3.36. The van der Waals surface area contributed by atoms with Crippen molar-refractivity contribution in [2.75, 3.05) is 11.9 Å². The second-order valence-corrected chi connectivity index (χ2v) is 3.73. The molecule has 1 aromatic rings. The minimum absolute atomic E-state index is 0.691. The molecular formula is C12H15BrO. The van der Waals surface area contributed by atoms with E-state index >= 15 is 0 Å². The van der Waals surface area contributed by atoms with Crippen molar-refractivity contribution in [3.8, 4) is 0 Å². The van der Waals surface area contributed by atoms with E-state index in [0.29, 0.717) is 6.61 Å². The van der Waals surface area contributed by atoms with E-state index < -0.39 is 0 Å². The molecule has 0 aliphatic rings. The first-order valence-electron chi connectivity index (χ1n) is 4.67. The Morgan fingerprint density at radius 3 is 2.64 bits per heavy atom. The van der Waals surface area contributed by atoms with Gasteiger partial charge in [0.05, 0.1) is 13.2 Å². The highest BCUT2D eigenvalue weighted by Gasteiger charge is 1.93. The van der Waals surface area contributed by atoms with E-state index in [9.17, 15) is 0 Å². The summed E-state index contributed by atoms with van der Waals surface area (Å²) in [5.41, 5.74) is 2.40. The molecule has 1 aromatic carbocycles. The van der Waals surface area contributed by atoms with E-state index in [0.717, 1.165) is 18.4 Å². The molecule has 0 radical (unpaired) electrons. The third-order valence-corrected chi connectivity index (χ3v) is 2.69. The summed E-state index contributed by atoms with van der Waals surface area (Å²) < 4.78 is 5.51. The molecule has 0 aliphatic carbocycles. The highest BCUT2D eigenvalue weighted by molar-refractivity contribution is 9.09. The van der Waals surface area contributed by atoms with Gasteiger partial charge in [-0.1, -0.05) is 58.4 Å². The first kappa shape index (κ1) is 11.5. The summed E-state index contributed by atoms with van der Waals surface area (Å²) in [6, 6.07) is 10.2. The van der Waals surface area contributed by atoms with E-state index in [1.165, 1.54) is 11.1 Å². The van der Waals surface area contributed by atoms with Crippen LogP contribution in [0.2, 0.25) is 0 Å². The molecule has 1 rings (SSSR count). The van der Waals surface area contributed by atoms with Crippen LogP contribution < -0.4 is 0 Å². The van der Waals surface area contributed by atoms with Gasteiger partial charge in [0.1, 0.15) is 0 Å². The van der Waals surface area contributed by atoms with Crippen molar-refractivity contribution in [3.05, 3.63) is 48.0 Å². The Balaban J connectivity index is 2.13. The molecule has 0 N–H and O–H groups in total. The Bertz CT molecular complexity index is 269. The molecule has 0 saturated carbocycles. The Labute approximate surface area is 93.9 Å². The van der Waals surface area contributed by atoms with Crippen LogP contribution in [-0.4, -0.2) is 11.9 Å². The van der Waals surface area contributed by atoms with Crippen LogP contribution >= 0.6 is 15.9 Å². The number of hydrogen-bond donors (Lipinski definition) is 0. The van der Waals surface area contributed by atoms with Gasteiger partial charge in [0, 0.05) is 5.33 Å². The molecule has 0 heterocycles. The Kier molecular flexibility index (Phi) is 5.57. The molecule has 14 heavy (non-hydrogen) atoms. The largest absolute Gasteiger partial charge is 0.376 e. The lowest BCUT2D eigenvalue weighted by Crippen LogP contribution is -1.97. The third kappa shape index (κ3) is 4.58. The minimum atomic E-state index is 0.691. The first-order valence-corrected chi connectivity index (χ1v) is 5.79. The maximum Gasteiger partial charge on any atom is 0.0717 e. The average Bonchev–Trinajstić information content (AvgIpc) is 2.25. The van der Waals surface area contributed by atoms with Gasteiger partial charge in [-0.15, -0.1) is 0 Å². The second kappa shape index (κ2) is 6.80. The number of alkyl halides is 1. The van der Waals surface area contributed by atoms with Crippen molar-refractivity contribution >= 4 is 15.9 Å². The van der Waals surface area contributed by atoms with Gasteiger partial charge in [0.2, 0.25) is 0 Å². The van der Waals surface area contributed by atoms with Crippen LogP contribution in [0.15, 0.2) is 42.5 Å². The zero-order valence-electron chi connectivity index (χ0n) is 8.21. The van der Waals surface area contributed by atoms with Crippen LogP contribution in [0.3, 0.4) is 0 Å². The quantitative estimate of drug-likeness (QED) is 0.429. The number of halogens is 1. The van der Waals surface area contributed by atoms with Crippen LogP contribution in [0.4, 0.5) is 0 Å². The molecule has 0 spiro atoms. The van der Waals surface area contributed by atoms with E-state index in [4.69, 9.17) is 4.74 Å². The van der Waals surface area contributed by atoms with Crippen molar-refractivity contribution < 1.29 is 4.74 Å². The highest BCUT2D eigenvalue weighted by Crippen LogP contribution is 2.04. The van der Waals surface area contributed by atoms with Crippen LogP contribution in [0, 0.1) is 0 Å². The molecule has 0 atom stereocenters. The average molecular weight is 255 g/mol. The van der Waals surface area contributed by atoms with Crippen LogP contribution in [0.5, 0.6) is 0 Å². The third-order valence-electron chi connectivity index (χ3n) is 1.90. The number of ether oxygens (including phenoxy) is 1. The fourth-order valence-corrected chi connectivity index (χ4v) is 1.33. The lowest BCUT2D eigenvalue weighted by atomic mass is 10.2. The molecule has 0 aromatic heterocycles. The molecule has 0 bridgehead atoms. The van der Waals surface area contributed by atoms with Crippen LogP contribution in [0.25, 0.3) is 0 Å². The minimum Gasteiger partial charge on any atom is -0.376 e. The smallest absolute Gasteiger partial charge is 0.0717 e. The highest BCUT2D eigenvalue weighted by atomic mass is 79.9. The van der Waals surface area contributed by atoms with Crippen LogP contribution in [0.1, 0.15) is 12.0 Å². The zero-order chi connectivity index (χ0) is 10.2. The predicted octanol–water partition coefficient (Wildman–Crippen LogP) is 3.54. The SMILES string of the molecule is C=C(CBr)CCOCc1ccccc1. The molecule has 76 valence electrons. The number of rotatable bonds is 6. The summed E-state index contributed by atoms with van der Waals surface area (Å²) in [6.45, 7) is 5.33. The summed E-state index contributed by atoms with van der Waals surface area (Å²) in [5.74, 6) is 0. The van der Waals surface area contributed by atoms with Crippen molar-refractivity contribution in [2.24, 2.45) is 0 Å². The Hall–Kier alpha value is -0.600. The summed E-state index contributed by atoms with van der Waals surface area (Å²) in [6.07, 6.45) is 0.929. The molecule has 0 aliphatic heterocycles. The molecular weight excluding hydrogens is 240 g/mol. The monoisotopic (exact) mass is 254 g/mol. The van der Waals surface area contributed by atoms with Crippen molar-refractivity contribution in [2.45, 2.75) is 13.0 Å². The molecule has 1 nitrogen and oxygen atoms in total. The Morgan fingerprint density at radius 1 is 1.29 bits per heavy atom. The van der Waals surface area contributed by atoms with Gasteiger partial charge >= 0.3 is 0 Å². The molecule has 0 amide bonds. The first-order chi connectivity index (χ1) is 6.83. The topological polar surface area (TPSA) is 9.23 Å². The maximum absolute atomic E-state index is 5.51. The summed E-state index contributed by atoms with van der Waals surface area (Å²) in [4.78, 5) is 0. The molecule has 0 fully saturated rings. The number of benzene rings is 1. The van der Waals surface area contributed by atoms with E-state index in [-0.39, 0.29) is 0 Å². The van der Waals surface area contributed by atoms with Crippen molar-refractivity contribution in [1.29, 1.82) is 0 Å². The maximum atomic E-state index is 5.51. The van der Waals surface area contributed by atoms with Gasteiger partial charge in [-0.2, -0.15) is 0 Å². The van der Waals surface area contributed by atoms with Crippen molar-refractivity contribution in [3.63, 3.8) is 0 Å². The lowest BCUT2D eigenvalue weighted by molar-refractivity contribution is 0.124. The van der Waals surface area contributed by atoms with Crippen molar-refractivity contribution in [1.82, 2.24) is 0 Å². The summed E-state index contributed by atoms with van der Waals surface area (Å²) in [5, 5.41) is 0.863. The molecule has 2 heteroatoms. The zero-order valence-corrected chi connectivity index (χ0v) is 9.79. The van der Waals surface area contributed by atoms with Gasteiger partial charge in [0.15, 0.2) is 0 Å². The Morgan fingerprint density at radius 2 is 2.00 bits per heavy atom. The van der Waals surface area contributed by atoms with E-state index in [2.05, 4.69) is 34.6 Å². The van der Waals surface area contributed by atoms with Gasteiger partial charge in [-0.05, 0) is 12.0 Å². The number of hydrogen-bond acceptors (Lipinski definition) is 1.